The van der Waals surface area contributed by atoms with Crippen LogP contribution in [0.2, 0.25) is 0 Å². The van der Waals surface area contributed by atoms with E-state index < -0.39 is 10.0 Å². The first-order valence-corrected chi connectivity index (χ1v) is 9.27. The number of carbonyl (C=O) groups is 1. The van der Waals surface area contributed by atoms with Gasteiger partial charge < -0.3 is 5.32 Å². The van der Waals surface area contributed by atoms with Crippen LogP contribution in [0.3, 0.4) is 0 Å². The molecule has 1 fully saturated rings. The summed E-state index contributed by atoms with van der Waals surface area (Å²) < 4.78 is 26.6. The van der Waals surface area contributed by atoms with Gasteiger partial charge in [-0.3, -0.25) is 4.79 Å². The lowest BCUT2D eigenvalue weighted by Crippen LogP contribution is -2.35. The quantitative estimate of drug-likeness (QED) is 0.803. The fourth-order valence-electron chi connectivity index (χ4n) is 2.58. The Kier molecular flexibility index (Phi) is 6.20. The molecule has 1 saturated heterocycles. The van der Waals surface area contributed by atoms with Gasteiger partial charge in [-0.1, -0.05) is 24.5 Å². The summed E-state index contributed by atoms with van der Waals surface area (Å²) in [6.07, 6.45) is 8.90. The van der Waals surface area contributed by atoms with Gasteiger partial charge in [-0.15, -0.1) is 6.42 Å². The molecule has 0 aliphatic carbocycles. The maximum absolute atomic E-state index is 12.5. The van der Waals surface area contributed by atoms with Crippen molar-refractivity contribution in [3.63, 3.8) is 0 Å². The molecule has 1 aromatic rings. The monoisotopic (exact) mass is 334 g/mol. The summed E-state index contributed by atoms with van der Waals surface area (Å²) in [6, 6.07) is 6.79. The first-order chi connectivity index (χ1) is 11.0. The summed E-state index contributed by atoms with van der Waals surface area (Å²) in [7, 11) is -3.39. The van der Waals surface area contributed by atoms with E-state index in [-0.39, 0.29) is 12.5 Å². The van der Waals surface area contributed by atoms with Crippen molar-refractivity contribution < 1.29 is 13.2 Å². The maximum Gasteiger partial charge on any atom is 0.243 e. The number of aryl methyl sites for hydroxylation is 1. The lowest BCUT2D eigenvalue weighted by Gasteiger charge is -2.25. The Morgan fingerprint density at radius 3 is 2.43 bits per heavy atom. The fourth-order valence-corrected chi connectivity index (χ4v) is 4.10. The second-order valence-electron chi connectivity index (χ2n) is 5.59. The number of rotatable bonds is 6. The van der Waals surface area contributed by atoms with E-state index >= 15 is 0 Å². The molecule has 1 aliphatic rings. The molecule has 124 valence electrons. The zero-order chi connectivity index (χ0) is 16.7. The van der Waals surface area contributed by atoms with Crippen molar-refractivity contribution >= 4 is 15.9 Å². The molecule has 0 bridgehead atoms. The van der Waals surface area contributed by atoms with Gasteiger partial charge in [0.05, 0.1) is 11.4 Å². The molecule has 6 heteroatoms. The van der Waals surface area contributed by atoms with Gasteiger partial charge in [0.2, 0.25) is 15.9 Å². The molecule has 2 rings (SSSR count). The highest BCUT2D eigenvalue weighted by atomic mass is 32.2. The smallest absolute Gasteiger partial charge is 0.243 e. The van der Waals surface area contributed by atoms with Crippen LogP contribution < -0.4 is 5.32 Å². The van der Waals surface area contributed by atoms with Gasteiger partial charge in [0.15, 0.2) is 0 Å². The summed E-state index contributed by atoms with van der Waals surface area (Å²) >= 11 is 0. The number of hydrogen-bond acceptors (Lipinski definition) is 3. The van der Waals surface area contributed by atoms with Crippen molar-refractivity contribution in [2.24, 2.45) is 0 Å². The average molecular weight is 334 g/mol. The number of amides is 1. The van der Waals surface area contributed by atoms with Crippen molar-refractivity contribution in [1.82, 2.24) is 9.62 Å². The molecule has 1 aromatic carbocycles. The first kappa shape index (κ1) is 17.5. The van der Waals surface area contributed by atoms with E-state index in [4.69, 9.17) is 6.42 Å². The highest BCUT2D eigenvalue weighted by molar-refractivity contribution is 7.89. The molecule has 0 spiro atoms. The average Bonchev–Trinajstić information content (AvgIpc) is 2.59. The van der Waals surface area contributed by atoms with E-state index in [1.54, 1.807) is 28.6 Å². The molecular weight excluding hydrogens is 312 g/mol. The topological polar surface area (TPSA) is 66.5 Å². The number of carbonyl (C=O) groups excluding carboxylic acids is 1. The summed E-state index contributed by atoms with van der Waals surface area (Å²) in [5.41, 5.74) is 0.929. The molecule has 23 heavy (non-hydrogen) atoms. The van der Waals surface area contributed by atoms with E-state index in [0.717, 1.165) is 24.8 Å². The highest BCUT2D eigenvalue weighted by Gasteiger charge is 2.25. The van der Waals surface area contributed by atoms with Gasteiger partial charge in [-0.05, 0) is 37.0 Å². The van der Waals surface area contributed by atoms with Crippen LogP contribution in [0.5, 0.6) is 0 Å². The molecule has 0 unspecified atom stereocenters. The molecule has 0 saturated carbocycles. The fraction of sp³-hybridized carbons (Fsp3) is 0.471. The third-order valence-electron chi connectivity index (χ3n) is 3.90. The van der Waals surface area contributed by atoms with Gasteiger partial charge in [0.1, 0.15) is 0 Å². The van der Waals surface area contributed by atoms with Gasteiger partial charge in [0.25, 0.3) is 0 Å². The predicted octanol–water partition coefficient (Wildman–Crippen LogP) is 1.54. The second-order valence-corrected chi connectivity index (χ2v) is 7.53. The number of benzene rings is 1. The van der Waals surface area contributed by atoms with Crippen molar-refractivity contribution in [3.8, 4) is 12.3 Å². The number of piperidine rings is 1. The van der Waals surface area contributed by atoms with Crippen LogP contribution in [0.1, 0.15) is 31.2 Å². The maximum atomic E-state index is 12.5. The lowest BCUT2D eigenvalue weighted by molar-refractivity contribution is -0.120. The van der Waals surface area contributed by atoms with Crippen molar-refractivity contribution in [2.45, 2.75) is 37.0 Å². The Balaban J connectivity index is 1.96. The van der Waals surface area contributed by atoms with Crippen molar-refractivity contribution in [1.29, 1.82) is 0 Å². The van der Waals surface area contributed by atoms with Crippen LogP contribution >= 0.6 is 0 Å². The Labute approximate surface area is 138 Å². The summed E-state index contributed by atoms with van der Waals surface area (Å²) in [5, 5.41) is 2.60. The third-order valence-corrected chi connectivity index (χ3v) is 5.82. The summed E-state index contributed by atoms with van der Waals surface area (Å²) in [5.74, 6) is 2.24. The van der Waals surface area contributed by atoms with E-state index in [1.165, 1.54) is 0 Å². The Morgan fingerprint density at radius 2 is 1.83 bits per heavy atom. The van der Waals surface area contributed by atoms with Crippen molar-refractivity contribution in [3.05, 3.63) is 29.8 Å². The van der Waals surface area contributed by atoms with Crippen LogP contribution in [-0.2, 0) is 21.2 Å². The van der Waals surface area contributed by atoms with E-state index in [9.17, 15) is 13.2 Å². The van der Waals surface area contributed by atoms with E-state index in [0.29, 0.717) is 30.8 Å². The molecule has 1 heterocycles. The molecule has 1 N–H and O–H groups in total. The molecule has 5 nitrogen and oxygen atoms in total. The van der Waals surface area contributed by atoms with Gasteiger partial charge >= 0.3 is 0 Å². The van der Waals surface area contributed by atoms with Crippen molar-refractivity contribution in [2.75, 3.05) is 19.6 Å². The summed E-state index contributed by atoms with van der Waals surface area (Å²) in [4.78, 5) is 11.8. The third kappa shape index (κ3) is 4.81. The van der Waals surface area contributed by atoms with Gasteiger partial charge in [-0.2, -0.15) is 4.31 Å². The van der Waals surface area contributed by atoms with Crippen LogP contribution in [-0.4, -0.2) is 38.3 Å². The lowest BCUT2D eigenvalue weighted by atomic mass is 10.1. The molecule has 0 radical (unpaired) electrons. The SMILES string of the molecule is C#CCNC(=O)CCc1ccc(S(=O)(=O)N2CCCCC2)cc1. The number of sulfonamides is 1. The number of terminal acetylenes is 1. The Morgan fingerprint density at radius 1 is 1.17 bits per heavy atom. The highest BCUT2D eigenvalue weighted by Crippen LogP contribution is 2.21. The standard InChI is InChI=1S/C17H22N2O3S/c1-2-12-18-17(20)11-8-15-6-9-16(10-7-15)23(21,22)19-13-4-3-5-14-19/h1,6-7,9-10H,3-5,8,11-14H2,(H,18,20). The van der Waals surface area contributed by atoms with Gasteiger partial charge in [-0.25, -0.2) is 8.42 Å². The largest absolute Gasteiger partial charge is 0.345 e. The predicted molar refractivity (Wildman–Crippen MR) is 89.2 cm³/mol. The van der Waals surface area contributed by atoms with E-state index in [1.807, 2.05) is 0 Å². The second kappa shape index (κ2) is 8.14. The molecule has 1 aliphatic heterocycles. The molecule has 0 atom stereocenters. The van der Waals surface area contributed by atoms with Gasteiger partial charge in [0, 0.05) is 19.5 Å². The normalized spacial score (nSPS) is 15.8. The minimum absolute atomic E-state index is 0.104. The Hall–Kier alpha value is -1.84. The van der Waals surface area contributed by atoms with Crippen LogP contribution in [0.25, 0.3) is 0 Å². The minimum atomic E-state index is -3.39. The first-order valence-electron chi connectivity index (χ1n) is 7.83. The minimum Gasteiger partial charge on any atom is -0.345 e. The number of hydrogen-bond donors (Lipinski definition) is 1. The number of nitrogens with zero attached hydrogens (tertiary/aromatic N) is 1. The molecule has 1 amide bonds. The Bertz CT molecular complexity index is 669. The molecule has 0 aromatic heterocycles. The number of nitrogens with one attached hydrogen (secondary N) is 1. The molecular formula is C17H22N2O3S. The zero-order valence-electron chi connectivity index (χ0n) is 13.1. The summed E-state index contributed by atoms with van der Waals surface area (Å²) in [6.45, 7) is 1.42. The van der Waals surface area contributed by atoms with Crippen LogP contribution in [0.15, 0.2) is 29.2 Å². The zero-order valence-corrected chi connectivity index (χ0v) is 13.9. The van der Waals surface area contributed by atoms with Crippen LogP contribution in [0, 0.1) is 12.3 Å². The van der Waals surface area contributed by atoms with E-state index in [2.05, 4.69) is 11.2 Å². The van der Waals surface area contributed by atoms with Crippen LogP contribution in [0.4, 0.5) is 0 Å².